The largest absolute Gasteiger partial charge is 0.273 e. The van der Waals surface area contributed by atoms with Gasteiger partial charge in [-0.2, -0.15) is 0 Å². The third kappa shape index (κ3) is 6.21. The lowest BCUT2D eigenvalue weighted by molar-refractivity contribution is -0.134. The summed E-state index contributed by atoms with van der Waals surface area (Å²) < 4.78 is 0. The molecule has 0 aliphatic rings. The molecule has 0 radical (unpaired) electrons. The molecule has 1 amide bonds. The Balaban J connectivity index is 1.60. The van der Waals surface area contributed by atoms with E-state index in [1.54, 1.807) is 11.8 Å². The molecular formula is C16H16ClNO2S. The van der Waals surface area contributed by atoms with Crippen LogP contribution in [0.1, 0.15) is 12.0 Å². The first-order valence-corrected chi connectivity index (χ1v) is 7.93. The van der Waals surface area contributed by atoms with E-state index in [0.717, 1.165) is 10.5 Å². The van der Waals surface area contributed by atoms with Gasteiger partial charge in [-0.1, -0.05) is 41.9 Å². The number of carbonyl (C=O) groups is 1. The van der Waals surface area contributed by atoms with Crippen molar-refractivity contribution in [1.82, 2.24) is 5.48 Å². The van der Waals surface area contributed by atoms with Crippen LogP contribution >= 0.6 is 23.4 Å². The van der Waals surface area contributed by atoms with Gasteiger partial charge in [0.1, 0.15) is 0 Å². The third-order valence-electron chi connectivity index (χ3n) is 2.68. The SMILES string of the molecule is O=C(CCSc1ccc(Cl)cc1)NOCc1ccccc1. The number of rotatable bonds is 7. The highest BCUT2D eigenvalue weighted by Gasteiger charge is 2.02. The molecule has 2 aromatic carbocycles. The van der Waals surface area contributed by atoms with E-state index in [2.05, 4.69) is 5.48 Å². The number of carbonyl (C=O) groups excluding carboxylic acids is 1. The van der Waals surface area contributed by atoms with Crippen LogP contribution < -0.4 is 5.48 Å². The van der Waals surface area contributed by atoms with Gasteiger partial charge in [0.05, 0.1) is 6.61 Å². The number of halogens is 1. The van der Waals surface area contributed by atoms with Gasteiger partial charge in [0.2, 0.25) is 5.91 Å². The molecule has 0 fully saturated rings. The van der Waals surface area contributed by atoms with Crippen LogP contribution in [0.2, 0.25) is 5.02 Å². The van der Waals surface area contributed by atoms with Gasteiger partial charge in [-0.25, -0.2) is 5.48 Å². The molecule has 0 aliphatic carbocycles. The molecule has 2 aromatic rings. The zero-order chi connectivity index (χ0) is 14.9. The fourth-order valence-electron chi connectivity index (χ4n) is 1.62. The van der Waals surface area contributed by atoms with Crippen LogP contribution in [0.3, 0.4) is 0 Å². The van der Waals surface area contributed by atoms with E-state index < -0.39 is 0 Å². The van der Waals surface area contributed by atoms with Gasteiger partial charge in [-0.05, 0) is 29.8 Å². The maximum Gasteiger partial charge on any atom is 0.244 e. The fourth-order valence-corrected chi connectivity index (χ4v) is 2.60. The summed E-state index contributed by atoms with van der Waals surface area (Å²) in [5, 5.41) is 0.714. The molecule has 1 N–H and O–H groups in total. The summed E-state index contributed by atoms with van der Waals surface area (Å²) in [6.07, 6.45) is 0.405. The van der Waals surface area contributed by atoms with Crippen molar-refractivity contribution in [2.24, 2.45) is 0 Å². The number of thioether (sulfide) groups is 1. The van der Waals surface area contributed by atoms with E-state index in [0.29, 0.717) is 23.8 Å². The minimum absolute atomic E-state index is 0.118. The Kier molecular flexibility index (Phi) is 6.60. The smallest absolute Gasteiger partial charge is 0.244 e. The van der Waals surface area contributed by atoms with Crippen LogP contribution in [0.25, 0.3) is 0 Å². The first-order chi connectivity index (χ1) is 10.2. The quantitative estimate of drug-likeness (QED) is 0.617. The van der Waals surface area contributed by atoms with E-state index in [1.807, 2.05) is 54.6 Å². The molecule has 0 bridgehead atoms. The second-order valence-electron chi connectivity index (χ2n) is 4.35. The number of hydrogen-bond acceptors (Lipinski definition) is 3. The zero-order valence-corrected chi connectivity index (χ0v) is 13.0. The van der Waals surface area contributed by atoms with Crippen molar-refractivity contribution in [3.63, 3.8) is 0 Å². The summed E-state index contributed by atoms with van der Waals surface area (Å²) in [6.45, 7) is 0.372. The maximum absolute atomic E-state index is 11.6. The summed E-state index contributed by atoms with van der Waals surface area (Å²) >= 11 is 7.43. The number of nitrogens with one attached hydrogen (secondary N) is 1. The Hall–Kier alpha value is -1.49. The lowest BCUT2D eigenvalue weighted by Gasteiger charge is -2.06. The molecule has 5 heteroatoms. The van der Waals surface area contributed by atoms with Crippen molar-refractivity contribution in [1.29, 1.82) is 0 Å². The molecule has 110 valence electrons. The van der Waals surface area contributed by atoms with Crippen LogP contribution in [-0.2, 0) is 16.2 Å². The van der Waals surface area contributed by atoms with Crippen LogP contribution in [0.5, 0.6) is 0 Å². The highest BCUT2D eigenvalue weighted by atomic mass is 35.5. The van der Waals surface area contributed by atoms with Crippen molar-refractivity contribution in [2.75, 3.05) is 5.75 Å². The molecule has 3 nitrogen and oxygen atoms in total. The topological polar surface area (TPSA) is 38.3 Å². The molecule has 0 spiro atoms. The van der Waals surface area contributed by atoms with Crippen LogP contribution in [0.4, 0.5) is 0 Å². The van der Waals surface area contributed by atoms with Crippen molar-refractivity contribution in [3.05, 3.63) is 65.2 Å². The molecular weight excluding hydrogens is 306 g/mol. The molecule has 21 heavy (non-hydrogen) atoms. The van der Waals surface area contributed by atoms with Gasteiger partial charge in [0, 0.05) is 22.1 Å². The Labute approximate surface area is 133 Å². The Morgan fingerprint density at radius 1 is 1.10 bits per heavy atom. The highest BCUT2D eigenvalue weighted by Crippen LogP contribution is 2.20. The van der Waals surface area contributed by atoms with E-state index in [-0.39, 0.29) is 5.91 Å². The lowest BCUT2D eigenvalue weighted by Crippen LogP contribution is -2.23. The van der Waals surface area contributed by atoms with E-state index >= 15 is 0 Å². The molecule has 0 aromatic heterocycles. The number of benzene rings is 2. The van der Waals surface area contributed by atoms with Crippen molar-refractivity contribution in [2.45, 2.75) is 17.9 Å². The number of hydrogen-bond donors (Lipinski definition) is 1. The van der Waals surface area contributed by atoms with Crippen LogP contribution in [-0.4, -0.2) is 11.7 Å². The average Bonchev–Trinajstić information content (AvgIpc) is 2.50. The Morgan fingerprint density at radius 2 is 1.81 bits per heavy atom. The number of hydroxylamine groups is 1. The van der Waals surface area contributed by atoms with Crippen LogP contribution in [0, 0.1) is 0 Å². The average molecular weight is 322 g/mol. The minimum atomic E-state index is -0.118. The predicted octanol–water partition coefficient (Wildman–Crippen LogP) is 4.07. The summed E-state index contributed by atoms with van der Waals surface area (Å²) in [6, 6.07) is 17.3. The Bertz CT molecular complexity index is 560. The van der Waals surface area contributed by atoms with Crippen molar-refractivity contribution < 1.29 is 9.63 Å². The first kappa shape index (κ1) is 15.9. The molecule has 2 rings (SSSR count). The zero-order valence-electron chi connectivity index (χ0n) is 11.4. The fraction of sp³-hybridized carbons (Fsp3) is 0.188. The van der Waals surface area contributed by atoms with Crippen molar-refractivity contribution in [3.8, 4) is 0 Å². The van der Waals surface area contributed by atoms with Gasteiger partial charge < -0.3 is 0 Å². The summed E-state index contributed by atoms with van der Waals surface area (Å²) in [5.41, 5.74) is 3.47. The predicted molar refractivity (Wildman–Crippen MR) is 86.2 cm³/mol. The molecule has 0 saturated heterocycles. The standard InChI is InChI=1S/C16H16ClNO2S/c17-14-6-8-15(9-7-14)21-11-10-16(19)18-20-12-13-4-2-1-3-5-13/h1-9H,10-12H2,(H,18,19). The highest BCUT2D eigenvalue weighted by molar-refractivity contribution is 7.99. The minimum Gasteiger partial charge on any atom is -0.273 e. The van der Waals surface area contributed by atoms with Gasteiger partial charge in [0.25, 0.3) is 0 Å². The normalized spacial score (nSPS) is 10.3. The maximum atomic E-state index is 11.6. The van der Waals surface area contributed by atoms with Crippen molar-refractivity contribution >= 4 is 29.3 Å². The second-order valence-corrected chi connectivity index (χ2v) is 5.96. The molecule has 0 saturated carbocycles. The first-order valence-electron chi connectivity index (χ1n) is 6.57. The van der Waals surface area contributed by atoms with Gasteiger partial charge in [-0.15, -0.1) is 11.8 Å². The summed E-state index contributed by atoms with van der Waals surface area (Å²) in [5.74, 6) is 0.578. The van der Waals surface area contributed by atoms with Crippen LogP contribution in [0.15, 0.2) is 59.5 Å². The molecule has 0 heterocycles. The molecule has 0 aliphatic heterocycles. The second kappa shape index (κ2) is 8.72. The van der Waals surface area contributed by atoms with Gasteiger partial charge in [0.15, 0.2) is 0 Å². The summed E-state index contributed by atoms with van der Waals surface area (Å²) in [7, 11) is 0. The summed E-state index contributed by atoms with van der Waals surface area (Å²) in [4.78, 5) is 17.9. The Morgan fingerprint density at radius 3 is 2.52 bits per heavy atom. The van der Waals surface area contributed by atoms with E-state index in [4.69, 9.17) is 16.4 Å². The number of amides is 1. The molecule has 0 unspecified atom stereocenters. The molecule has 0 atom stereocenters. The lowest BCUT2D eigenvalue weighted by atomic mass is 10.2. The van der Waals surface area contributed by atoms with Gasteiger partial charge >= 0.3 is 0 Å². The third-order valence-corrected chi connectivity index (χ3v) is 3.94. The monoisotopic (exact) mass is 321 g/mol. The van der Waals surface area contributed by atoms with E-state index in [1.165, 1.54) is 0 Å². The van der Waals surface area contributed by atoms with Gasteiger partial charge in [-0.3, -0.25) is 9.63 Å². The van der Waals surface area contributed by atoms with E-state index in [9.17, 15) is 4.79 Å².